The van der Waals surface area contributed by atoms with Gasteiger partial charge in [-0.15, -0.1) is 11.6 Å². The fourth-order valence-corrected chi connectivity index (χ4v) is 1.32. The molecule has 0 rings (SSSR count). The van der Waals surface area contributed by atoms with E-state index in [0.29, 0.717) is 24.8 Å². The predicted molar refractivity (Wildman–Crippen MR) is 68.0 cm³/mol. The maximum atomic E-state index is 11.5. The first-order valence-corrected chi connectivity index (χ1v) is 6.52. The lowest BCUT2D eigenvalue weighted by atomic mass is 10.2. The lowest BCUT2D eigenvalue weighted by Crippen LogP contribution is -2.39. The van der Waals surface area contributed by atoms with Gasteiger partial charge in [-0.2, -0.15) is 0 Å². The van der Waals surface area contributed by atoms with Crippen LogP contribution in [0.15, 0.2) is 0 Å². The molecule has 0 aromatic heterocycles. The van der Waals surface area contributed by atoms with E-state index in [9.17, 15) is 9.59 Å². The van der Waals surface area contributed by atoms with Gasteiger partial charge >= 0.3 is 5.97 Å². The molecule has 0 bridgehead atoms. The Labute approximate surface area is 108 Å². The highest BCUT2D eigenvalue weighted by Gasteiger charge is 2.16. The maximum Gasteiger partial charge on any atom is 0.328 e. The summed E-state index contributed by atoms with van der Waals surface area (Å²) in [6.45, 7) is 5.93. The third kappa shape index (κ3) is 8.98. The normalized spacial score (nSPS) is 12.3. The molecule has 0 radical (unpaired) electrons. The Morgan fingerprint density at radius 3 is 2.41 bits per heavy atom. The van der Waals surface area contributed by atoms with Gasteiger partial charge in [0.25, 0.3) is 0 Å². The monoisotopic (exact) mass is 263 g/mol. The van der Waals surface area contributed by atoms with Gasteiger partial charge in [0.05, 0.1) is 6.61 Å². The van der Waals surface area contributed by atoms with E-state index in [-0.39, 0.29) is 11.9 Å². The Kier molecular flexibility index (Phi) is 8.86. The van der Waals surface area contributed by atoms with Gasteiger partial charge < -0.3 is 10.1 Å². The third-order valence-electron chi connectivity index (χ3n) is 2.08. The zero-order chi connectivity index (χ0) is 13.3. The summed E-state index contributed by atoms with van der Waals surface area (Å²) in [4.78, 5) is 22.9. The second-order valence-electron chi connectivity index (χ2n) is 4.46. The zero-order valence-electron chi connectivity index (χ0n) is 10.8. The van der Waals surface area contributed by atoms with Crippen molar-refractivity contribution >= 4 is 23.5 Å². The summed E-state index contributed by atoms with van der Waals surface area (Å²) in [7, 11) is 0. The van der Waals surface area contributed by atoms with Crippen molar-refractivity contribution in [1.29, 1.82) is 0 Å². The number of alkyl halides is 1. The second kappa shape index (κ2) is 9.28. The number of amides is 1. The summed E-state index contributed by atoms with van der Waals surface area (Å²) in [5.41, 5.74) is 0. The molecule has 5 heteroatoms. The Hall–Kier alpha value is -0.770. The third-order valence-corrected chi connectivity index (χ3v) is 2.34. The number of nitrogens with one attached hydrogen (secondary N) is 1. The highest BCUT2D eigenvalue weighted by atomic mass is 35.5. The van der Waals surface area contributed by atoms with Gasteiger partial charge in [-0.05, 0) is 25.7 Å². The van der Waals surface area contributed by atoms with Gasteiger partial charge in [0, 0.05) is 12.3 Å². The fourth-order valence-electron chi connectivity index (χ4n) is 1.13. The molecule has 0 fully saturated rings. The quantitative estimate of drug-likeness (QED) is 0.415. The van der Waals surface area contributed by atoms with Crippen LogP contribution in [-0.4, -0.2) is 30.4 Å². The molecule has 4 nitrogen and oxygen atoms in total. The largest absolute Gasteiger partial charge is 0.464 e. The van der Waals surface area contributed by atoms with E-state index in [1.54, 1.807) is 6.92 Å². The standard InChI is InChI=1S/C12H22ClNO3/c1-9(2)8-17-12(16)10(3)14-11(15)6-4-5-7-13/h9-10H,4-8H2,1-3H3,(H,14,15). The topological polar surface area (TPSA) is 55.4 Å². The molecule has 0 aliphatic heterocycles. The molecule has 1 N–H and O–H groups in total. The van der Waals surface area contributed by atoms with Gasteiger partial charge in [-0.1, -0.05) is 13.8 Å². The number of halogens is 1. The first-order chi connectivity index (χ1) is 7.97. The highest BCUT2D eigenvalue weighted by Crippen LogP contribution is 1.99. The first-order valence-electron chi connectivity index (χ1n) is 5.99. The smallest absolute Gasteiger partial charge is 0.328 e. The summed E-state index contributed by atoms with van der Waals surface area (Å²) >= 11 is 5.51. The molecule has 0 saturated carbocycles. The number of esters is 1. The molecular formula is C12H22ClNO3. The van der Waals surface area contributed by atoms with Crippen molar-refractivity contribution in [2.24, 2.45) is 5.92 Å². The fraction of sp³-hybridized carbons (Fsp3) is 0.833. The Morgan fingerprint density at radius 1 is 1.24 bits per heavy atom. The molecule has 17 heavy (non-hydrogen) atoms. The van der Waals surface area contributed by atoms with Gasteiger partial charge in [0.2, 0.25) is 5.91 Å². The number of unbranched alkanes of at least 4 members (excludes halogenated alkanes) is 1. The second-order valence-corrected chi connectivity index (χ2v) is 4.84. The highest BCUT2D eigenvalue weighted by molar-refractivity contribution is 6.17. The summed E-state index contributed by atoms with van der Waals surface area (Å²) < 4.78 is 5.02. The van der Waals surface area contributed by atoms with Crippen LogP contribution in [0.3, 0.4) is 0 Å². The van der Waals surface area contributed by atoms with Crippen LogP contribution in [0, 0.1) is 5.92 Å². The average Bonchev–Trinajstić information content (AvgIpc) is 2.26. The minimum atomic E-state index is -0.586. The van der Waals surface area contributed by atoms with E-state index < -0.39 is 6.04 Å². The number of ether oxygens (including phenoxy) is 1. The van der Waals surface area contributed by atoms with Crippen LogP contribution in [0.2, 0.25) is 0 Å². The predicted octanol–water partition coefficient (Wildman–Crippen LogP) is 2.10. The molecule has 0 aliphatic rings. The number of hydrogen-bond acceptors (Lipinski definition) is 3. The molecule has 0 aromatic carbocycles. The molecule has 1 atom stereocenters. The number of carbonyl (C=O) groups is 2. The van der Waals surface area contributed by atoms with Crippen LogP contribution in [0.4, 0.5) is 0 Å². The van der Waals surface area contributed by atoms with Crippen LogP contribution >= 0.6 is 11.6 Å². The van der Waals surface area contributed by atoms with E-state index >= 15 is 0 Å². The Balaban J connectivity index is 3.78. The number of carbonyl (C=O) groups excluding carboxylic acids is 2. The van der Waals surface area contributed by atoms with Crippen LogP contribution in [0.25, 0.3) is 0 Å². The SMILES string of the molecule is CC(C)COC(=O)C(C)NC(=O)CCCCCl. The average molecular weight is 264 g/mol. The van der Waals surface area contributed by atoms with Crippen molar-refractivity contribution in [2.75, 3.05) is 12.5 Å². The van der Waals surface area contributed by atoms with Crippen molar-refractivity contribution < 1.29 is 14.3 Å². The van der Waals surface area contributed by atoms with Crippen LogP contribution in [0.5, 0.6) is 0 Å². The summed E-state index contributed by atoms with van der Waals surface area (Å²) in [5.74, 6) is 0.332. The number of hydrogen-bond donors (Lipinski definition) is 1. The summed E-state index contributed by atoms with van der Waals surface area (Å²) in [6, 6.07) is -0.586. The molecular weight excluding hydrogens is 242 g/mol. The van der Waals surface area contributed by atoms with E-state index in [4.69, 9.17) is 16.3 Å². The van der Waals surface area contributed by atoms with E-state index in [2.05, 4.69) is 5.32 Å². The zero-order valence-corrected chi connectivity index (χ0v) is 11.5. The van der Waals surface area contributed by atoms with Crippen molar-refractivity contribution in [2.45, 2.75) is 46.1 Å². The van der Waals surface area contributed by atoms with Gasteiger partial charge in [0.1, 0.15) is 6.04 Å². The van der Waals surface area contributed by atoms with Crippen molar-refractivity contribution in [3.8, 4) is 0 Å². The molecule has 0 heterocycles. The molecule has 1 unspecified atom stereocenters. The minimum Gasteiger partial charge on any atom is -0.464 e. The molecule has 1 amide bonds. The van der Waals surface area contributed by atoms with Crippen molar-refractivity contribution in [1.82, 2.24) is 5.32 Å². The molecule has 100 valence electrons. The minimum absolute atomic E-state index is 0.135. The van der Waals surface area contributed by atoms with Crippen molar-refractivity contribution in [3.63, 3.8) is 0 Å². The van der Waals surface area contributed by atoms with Gasteiger partial charge in [-0.25, -0.2) is 4.79 Å². The van der Waals surface area contributed by atoms with Crippen LogP contribution < -0.4 is 5.32 Å². The summed E-state index contributed by atoms with van der Waals surface area (Å²) in [5, 5.41) is 2.61. The molecule has 0 aromatic rings. The van der Waals surface area contributed by atoms with Crippen LogP contribution in [0.1, 0.15) is 40.0 Å². The van der Waals surface area contributed by atoms with Crippen molar-refractivity contribution in [3.05, 3.63) is 0 Å². The molecule has 0 aliphatic carbocycles. The van der Waals surface area contributed by atoms with E-state index in [1.807, 2.05) is 13.8 Å². The maximum absolute atomic E-state index is 11.5. The van der Waals surface area contributed by atoms with Gasteiger partial charge in [0.15, 0.2) is 0 Å². The Bertz CT molecular complexity index is 244. The Morgan fingerprint density at radius 2 is 1.88 bits per heavy atom. The lowest BCUT2D eigenvalue weighted by Gasteiger charge is -2.14. The number of rotatable bonds is 8. The van der Waals surface area contributed by atoms with Gasteiger partial charge in [-0.3, -0.25) is 4.79 Å². The van der Waals surface area contributed by atoms with Crippen LogP contribution in [-0.2, 0) is 14.3 Å². The molecule has 0 spiro atoms. The van der Waals surface area contributed by atoms with E-state index in [1.165, 1.54) is 0 Å². The summed E-state index contributed by atoms with van der Waals surface area (Å²) in [6.07, 6.45) is 1.94. The lowest BCUT2D eigenvalue weighted by molar-refractivity contribution is -0.148. The van der Waals surface area contributed by atoms with E-state index in [0.717, 1.165) is 12.8 Å². The first kappa shape index (κ1) is 16.2. The molecule has 0 saturated heterocycles.